The molecule has 1 N–H and O–H groups in total. The molecule has 1 aromatic carbocycles. The van der Waals surface area contributed by atoms with Crippen LogP contribution in [0.1, 0.15) is 10.4 Å². The summed E-state index contributed by atoms with van der Waals surface area (Å²) in [5, 5.41) is 2.73. The topological polar surface area (TPSA) is 51.2 Å². The normalized spacial score (nSPS) is 10.7. The lowest BCUT2D eigenvalue weighted by Crippen LogP contribution is -2.14. The summed E-state index contributed by atoms with van der Waals surface area (Å²) >= 11 is 20.4. The average Bonchev–Trinajstić information content (AvgIpc) is 2.45. The number of amides is 1. The first-order valence-electron chi connectivity index (χ1n) is 5.84. The van der Waals surface area contributed by atoms with Crippen molar-refractivity contribution in [3.63, 3.8) is 0 Å². The van der Waals surface area contributed by atoms with Crippen LogP contribution < -0.4 is 10.1 Å². The Kier molecular flexibility index (Phi) is 6.02. The van der Waals surface area contributed by atoms with Gasteiger partial charge in [-0.1, -0.05) is 34.8 Å². The minimum absolute atomic E-state index is 0.0374. The molecule has 0 bridgehead atoms. The number of benzene rings is 1. The maximum atomic E-state index is 12.5. The van der Waals surface area contributed by atoms with Crippen molar-refractivity contribution in [1.82, 2.24) is 4.98 Å². The van der Waals surface area contributed by atoms with Crippen LogP contribution in [0.3, 0.4) is 0 Å². The molecule has 0 atom stereocenters. The Morgan fingerprint density at radius 3 is 2.57 bits per heavy atom. The third-order valence-corrected chi connectivity index (χ3v) is 4.02. The number of hydrogen-bond acceptors (Lipinski definition) is 3. The van der Waals surface area contributed by atoms with Crippen molar-refractivity contribution in [2.75, 3.05) is 5.32 Å². The third kappa shape index (κ3) is 4.67. The number of nitrogens with one attached hydrogen (secondary N) is 1. The Hall–Kier alpha value is -1.15. The van der Waals surface area contributed by atoms with E-state index in [0.29, 0.717) is 0 Å². The zero-order valence-electron chi connectivity index (χ0n) is 10.9. The number of hydrogen-bond donors (Lipinski definition) is 1. The molecule has 0 aliphatic rings. The van der Waals surface area contributed by atoms with Crippen molar-refractivity contribution < 1.29 is 18.3 Å². The molecule has 1 heterocycles. The van der Waals surface area contributed by atoms with Crippen LogP contribution in [0, 0.1) is 0 Å². The smallest absolute Gasteiger partial charge is 0.387 e. The summed E-state index contributed by atoms with van der Waals surface area (Å²) in [7, 11) is 0. The summed E-state index contributed by atoms with van der Waals surface area (Å²) in [4.78, 5) is 15.9. The van der Waals surface area contributed by atoms with Gasteiger partial charge < -0.3 is 10.1 Å². The van der Waals surface area contributed by atoms with Crippen LogP contribution in [0.15, 0.2) is 28.9 Å². The van der Waals surface area contributed by atoms with Gasteiger partial charge in [0.2, 0.25) is 0 Å². The molecule has 2 aromatic rings. The summed E-state index contributed by atoms with van der Waals surface area (Å²) in [6.45, 7) is -3.07. The van der Waals surface area contributed by atoms with Gasteiger partial charge in [-0.2, -0.15) is 8.78 Å². The highest BCUT2D eigenvalue weighted by Gasteiger charge is 2.18. The fraction of sp³-hybridized carbons (Fsp3) is 0.0769. The fourth-order valence-corrected chi connectivity index (χ4v) is 2.78. The summed E-state index contributed by atoms with van der Waals surface area (Å²) < 4.78 is 29.6. The molecule has 0 aliphatic heterocycles. The van der Waals surface area contributed by atoms with Gasteiger partial charge in [0.1, 0.15) is 5.15 Å². The molecule has 0 saturated heterocycles. The van der Waals surface area contributed by atoms with Crippen molar-refractivity contribution in [2.45, 2.75) is 6.61 Å². The summed E-state index contributed by atoms with van der Waals surface area (Å²) in [5.41, 5.74) is 0.0410. The van der Waals surface area contributed by atoms with Crippen LogP contribution in [0.25, 0.3) is 0 Å². The Morgan fingerprint density at radius 2 is 1.96 bits per heavy atom. The van der Waals surface area contributed by atoms with E-state index >= 15 is 0 Å². The zero-order chi connectivity index (χ0) is 17.1. The molecule has 0 saturated carbocycles. The predicted molar refractivity (Wildman–Crippen MR) is 88.0 cm³/mol. The quantitative estimate of drug-likeness (QED) is 0.617. The zero-order valence-corrected chi connectivity index (χ0v) is 14.8. The van der Waals surface area contributed by atoms with E-state index in [1.807, 2.05) is 0 Å². The molecule has 1 amide bonds. The fourth-order valence-electron chi connectivity index (χ4n) is 1.60. The van der Waals surface area contributed by atoms with E-state index in [4.69, 9.17) is 34.8 Å². The second kappa shape index (κ2) is 7.61. The van der Waals surface area contributed by atoms with Crippen LogP contribution >= 0.6 is 50.7 Å². The Morgan fingerprint density at radius 1 is 1.26 bits per heavy atom. The van der Waals surface area contributed by atoms with Crippen LogP contribution in [0.2, 0.25) is 15.2 Å². The van der Waals surface area contributed by atoms with Gasteiger partial charge in [0.15, 0.2) is 5.75 Å². The third-order valence-electron chi connectivity index (χ3n) is 2.52. The van der Waals surface area contributed by atoms with Crippen molar-refractivity contribution in [1.29, 1.82) is 0 Å². The van der Waals surface area contributed by atoms with E-state index in [-0.39, 0.29) is 36.7 Å². The average molecular weight is 446 g/mol. The maximum absolute atomic E-state index is 12.5. The Balaban J connectivity index is 2.34. The van der Waals surface area contributed by atoms with Gasteiger partial charge in [0.05, 0.1) is 20.7 Å². The van der Waals surface area contributed by atoms with Gasteiger partial charge in [-0.3, -0.25) is 4.79 Å². The van der Waals surface area contributed by atoms with Gasteiger partial charge in [-0.25, -0.2) is 4.98 Å². The second-order valence-electron chi connectivity index (χ2n) is 4.09. The lowest BCUT2D eigenvalue weighted by Gasteiger charge is -2.14. The number of pyridine rings is 1. The molecular weight excluding hydrogens is 440 g/mol. The first kappa shape index (κ1) is 18.2. The summed E-state index contributed by atoms with van der Waals surface area (Å²) in [6, 6.07) is 3.92. The van der Waals surface area contributed by atoms with E-state index < -0.39 is 12.5 Å². The van der Waals surface area contributed by atoms with Gasteiger partial charge in [-0.15, -0.1) is 0 Å². The molecular formula is C13H6BrCl3F2N2O2. The minimum atomic E-state index is -3.07. The number of halogens is 6. The van der Waals surface area contributed by atoms with E-state index in [2.05, 4.69) is 31.0 Å². The van der Waals surface area contributed by atoms with E-state index in [9.17, 15) is 13.6 Å². The lowest BCUT2D eigenvalue weighted by molar-refractivity contribution is -0.0498. The highest BCUT2D eigenvalue weighted by atomic mass is 79.9. The summed E-state index contributed by atoms with van der Waals surface area (Å²) in [5.74, 6) is -0.907. The molecule has 0 spiro atoms. The highest BCUT2D eigenvalue weighted by molar-refractivity contribution is 9.10. The van der Waals surface area contributed by atoms with E-state index in [0.717, 1.165) is 0 Å². The SMILES string of the molecule is O=C(Nc1cc(Cl)cc(Br)c1OC(F)F)c1cnc(Cl)c(Cl)c1. The van der Waals surface area contributed by atoms with Gasteiger partial charge in [0, 0.05) is 11.2 Å². The largest absolute Gasteiger partial charge is 0.431 e. The number of anilines is 1. The number of carbonyl (C=O) groups is 1. The first-order chi connectivity index (χ1) is 10.8. The molecule has 122 valence electrons. The molecule has 10 heteroatoms. The molecule has 0 fully saturated rings. The van der Waals surface area contributed by atoms with Crippen molar-refractivity contribution in [2.24, 2.45) is 0 Å². The van der Waals surface area contributed by atoms with Crippen LogP contribution in [0.4, 0.5) is 14.5 Å². The second-order valence-corrected chi connectivity index (χ2v) is 6.15. The molecule has 4 nitrogen and oxygen atoms in total. The molecule has 2 rings (SSSR count). The monoisotopic (exact) mass is 444 g/mol. The lowest BCUT2D eigenvalue weighted by atomic mass is 10.2. The number of rotatable bonds is 4. The molecule has 23 heavy (non-hydrogen) atoms. The Labute approximate surface area is 152 Å². The van der Waals surface area contributed by atoms with Gasteiger partial charge >= 0.3 is 6.61 Å². The predicted octanol–water partition coefficient (Wildman–Crippen LogP) is 5.66. The number of carbonyl (C=O) groups excluding carboxylic acids is 1. The van der Waals surface area contributed by atoms with Crippen LogP contribution in [-0.4, -0.2) is 17.5 Å². The van der Waals surface area contributed by atoms with Crippen molar-refractivity contribution >= 4 is 62.3 Å². The van der Waals surface area contributed by atoms with Gasteiger partial charge in [0.25, 0.3) is 5.91 Å². The van der Waals surface area contributed by atoms with Gasteiger partial charge in [-0.05, 0) is 34.1 Å². The van der Waals surface area contributed by atoms with Crippen LogP contribution in [-0.2, 0) is 0 Å². The maximum Gasteiger partial charge on any atom is 0.387 e. The molecule has 0 unspecified atom stereocenters. The van der Waals surface area contributed by atoms with Crippen molar-refractivity contribution in [3.05, 3.63) is 49.6 Å². The standard InChI is InChI=1S/C13H6BrCl3F2N2O2/c14-7-2-6(15)3-9(10(7)23-13(18)19)21-12(22)5-1-8(16)11(17)20-4-5/h1-4,13H,(H,21,22). The minimum Gasteiger partial charge on any atom is -0.431 e. The molecule has 0 aliphatic carbocycles. The summed E-state index contributed by atoms with van der Waals surface area (Å²) in [6.07, 6.45) is 1.19. The number of alkyl halides is 2. The first-order valence-corrected chi connectivity index (χ1v) is 7.77. The highest BCUT2D eigenvalue weighted by Crippen LogP contribution is 2.37. The van der Waals surface area contributed by atoms with Crippen molar-refractivity contribution in [3.8, 4) is 5.75 Å². The van der Waals surface area contributed by atoms with E-state index in [1.54, 1.807) is 0 Å². The molecule has 1 aromatic heterocycles. The number of nitrogens with zero attached hydrogens (tertiary/aromatic N) is 1. The number of aromatic nitrogens is 1. The van der Waals surface area contributed by atoms with Crippen LogP contribution in [0.5, 0.6) is 5.75 Å². The van der Waals surface area contributed by atoms with E-state index in [1.165, 1.54) is 24.4 Å². The number of ether oxygens (including phenoxy) is 1. The Bertz CT molecular complexity index is 762. The molecule has 0 radical (unpaired) electrons.